The van der Waals surface area contributed by atoms with Crippen molar-refractivity contribution in [3.05, 3.63) is 45.5 Å². The number of halogens is 1. The molecule has 0 amide bonds. The van der Waals surface area contributed by atoms with E-state index in [0.29, 0.717) is 24.7 Å². The summed E-state index contributed by atoms with van der Waals surface area (Å²) in [5, 5.41) is 7.22. The van der Waals surface area contributed by atoms with Crippen LogP contribution in [-0.2, 0) is 13.1 Å². The van der Waals surface area contributed by atoms with Crippen molar-refractivity contribution in [1.29, 1.82) is 0 Å². The van der Waals surface area contributed by atoms with E-state index in [1.807, 2.05) is 19.1 Å². The molecule has 20 heavy (non-hydrogen) atoms. The molecule has 0 aromatic carbocycles. The molecule has 2 aromatic heterocycles. The molecule has 0 bridgehead atoms. The van der Waals surface area contributed by atoms with E-state index in [1.165, 1.54) is 10.9 Å². The second-order valence-electron chi connectivity index (χ2n) is 4.02. The summed E-state index contributed by atoms with van der Waals surface area (Å²) in [5.41, 5.74) is 1.05. The third kappa shape index (κ3) is 2.91. The van der Waals surface area contributed by atoms with Crippen LogP contribution in [0.1, 0.15) is 12.5 Å². The fourth-order valence-electron chi connectivity index (χ4n) is 1.75. The first-order valence-electron chi connectivity index (χ1n) is 6.14. The molecule has 0 saturated carbocycles. The Hall–Kier alpha value is -2.08. The van der Waals surface area contributed by atoms with E-state index in [0.717, 1.165) is 5.56 Å². The van der Waals surface area contributed by atoms with Crippen LogP contribution in [-0.4, -0.2) is 21.9 Å². The SMILES string of the molecule is CCn1ncc(NCc2cccnc2OC)c(Cl)c1=O. The number of nitrogens with one attached hydrogen (secondary N) is 1. The highest BCUT2D eigenvalue weighted by Gasteiger charge is 2.09. The van der Waals surface area contributed by atoms with E-state index in [1.54, 1.807) is 13.3 Å². The summed E-state index contributed by atoms with van der Waals surface area (Å²) in [6.07, 6.45) is 3.19. The van der Waals surface area contributed by atoms with Crippen molar-refractivity contribution in [2.45, 2.75) is 20.0 Å². The highest BCUT2D eigenvalue weighted by atomic mass is 35.5. The first-order chi connectivity index (χ1) is 9.67. The van der Waals surface area contributed by atoms with Gasteiger partial charge in [0.05, 0.1) is 19.0 Å². The summed E-state index contributed by atoms with van der Waals surface area (Å²) in [7, 11) is 1.56. The lowest BCUT2D eigenvalue weighted by molar-refractivity contribution is 0.393. The minimum atomic E-state index is -0.308. The van der Waals surface area contributed by atoms with E-state index < -0.39 is 0 Å². The molecule has 6 nitrogen and oxygen atoms in total. The highest BCUT2D eigenvalue weighted by Crippen LogP contribution is 2.19. The van der Waals surface area contributed by atoms with Gasteiger partial charge in [-0.2, -0.15) is 5.10 Å². The number of anilines is 1. The van der Waals surface area contributed by atoms with E-state index in [2.05, 4.69) is 15.4 Å². The summed E-state index contributed by atoms with van der Waals surface area (Å²) in [5.74, 6) is 0.533. The van der Waals surface area contributed by atoms with Crippen LogP contribution >= 0.6 is 11.6 Å². The van der Waals surface area contributed by atoms with Gasteiger partial charge in [0, 0.05) is 24.8 Å². The van der Waals surface area contributed by atoms with Gasteiger partial charge < -0.3 is 10.1 Å². The number of hydrogen-bond donors (Lipinski definition) is 1. The predicted molar refractivity (Wildman–Crippen MR) is 77.3 cm³/mol. The Labute approximate surface area is 121 Å². The zero-order valence-corrected chi connectivity index (χ0v) is 12.0. The first kappa shape index (κ1) is 14.3. The van der Waals surface area contributed by atoms with Crippen molar-refractivity contribution in [1.82, 2.24) is 14.8 Å². The third-order valence-electron chi connectivity index (χ3n) is 2.80. The van der Waals surface area contributed by atoms with Gasteiger partial charge >= 0.3 is 0 Å². The summed E-state index contributed by atoms with van der Waals surface area (Å²) in [6, 6.07) is 3.70. The Morgan fingerprint density at radius 2 is 2.30 bits per heavy atom. The smallest absolute Gasteiger partial charge is 0.287 e. The van der Waals surface area contributed by atoms with Gasteiger partial charge in [-0.15, -0.1) is 0 Å². The number of ether oxygens (including phenoxy) is 1. The Morgan fingerprint density at radius 1 is 1.50 bits per heavy atom. The number of pyridine rings is 1. The Morgan fingerprint density at radius 3 is 3.00 bits per heavy atom. The van der Waals surface area contributed by atoms with Gasteiger partial charge in [-0.25, -0.2) is 9.67 Å². The Balaban J connectivity index is 2.19. The summed E-state index contributed by atoms with van der Waals surface area (Å²) >= 11 is 6.03. The lowest BCUT2D eigenvalue weighted by atomic mass is 10.2. The fourth-order valence-corrected chi connectivity index (χ4v) is 1.96. The zero-order valence-electron chi connectivity index (χ0n) is 11.3. The number of rotatable bonds is 5. The van der Waals surface area contributed by atoms with Crippen LogP contribution in [0.4, 0.5) is 5.69 Å². The summed E-state index contributed by atoms with van der Waals surface area (Å²) in [4.78, 5) is 15.9. The Bertz CT molecular complexity index is 657. The first-order valence-corrected chi connectivity index (χ1v) is 6.52. The molecule has 0 unspecified atom stereocenters. The van der Waals surface area contributed by atoms with Crippen molar-refractivity contribution in [2.75, 3.05) is 12.4 Å². The monoisotopic (exact) mass is 294 g/mol. The summed E-state index contributed by atoms with van der Waals surface area (Å²) < 4.78 is 6.46. The average molecular weight is 295 g/mol. The minimum absolute atomic E-state index is 0.129. The molecule has 0 atom stereocenters. The average Bonchev–Trinajstić information content (AvgIpc) is 2.49. The number of aromatic nitrogens is 3. The quantitative estimate of drug-likeness (QED) is 0.912. The van der Waals surface area contributed by atoms with Crippen molar-refractivity contribution < 1.29 is 4.74 Å². The van der Waals surface area contributed by atoms with Crippen LogP contribution in [0, 0.1) is 0 Å². The molecule has 0 radical (unpaired) electrons. The van der Waals surface area contributed by atoms with Crippen molar-refractivity contribution >= 4 is 17.3 Å². The molecule has 7 heteroatoms. The second-order valence-corrected chi connectivity index (χ2v) is 4.40. The van der Waals surface area contributed by atoms with Crippen molar-refractivity contribution in [3.63, 3.8) is 0 Å². The third-order valence-corrected chi connectivity index (χ3v) is 3.16. The van der Waals surface area contributed by atoms with Crippen molar-refractivity contribution in [2.24, 2.45) is 0 Å². The highest BCUT2D eigenvalue weighted by molar-refractivity contribution is 6.32. The molecule has 0 aliphatic carbocycles. The standard InChI is InChI=1S/C13H15ClN4O2/c1-3-18-13(19)11(14)10(8-17-18)16-7-9-5-4-6-15-12(9)20-2/h4-6,8,16H,3,7H2,1-2H3. The lowest BCUT2D eigenvalue weighted by Crippen LogP contribution is -2.23. The molecule has 0 aliphatic heterocycles. The topological polar surface area (TPSA) is 69.0 Å². The number of methoxy groups -OCH3 is 1. The van der Waals surface area contributed by atoms with Crippen LogP contribution in [0.5, 0.6) is 5.88 Å². The molecule has 2 aromatic rings. The summed E-state index contributed by atoms with van der Waals surface area (Å²) in [6.45, 7) is 2.75. The van der Waals surface area contributed by atoms with Crippen LogP contribution in [0.3, 0.4) is 0 Å². The number of nitrogens with zero attached hydrogens (tertiary/aromatic N) is 3. The fraction of sp³-hybridized carbons (Fsp3) is 0.308. The predicted octanol–water partition coefficient (Wildman–Crippen LogP) is 1.93. The lowest BCUT2D eigenvalue weighted by Gasteiger charge is -2.11. The van der Waals surface area contributed by atoms with Gasteiger partial charge in [0.1, 0.15) is 5.02 Å². The number of aryl methyl sites for hydroxylation is 1. The number of hydrogen-bond acceptors (Lipinski definition) is 5. The van der Waals surface area contributed by atoms with Gasteiger partial charge in [-0.05, 0) is 13.0 Å². The Kier molecular flexibility index (Phi) is 4.57. The van der Waals surface area contributed by atoms with Crippen molar-refractivity contribution in [3.8, 4) is 5.88 Å². The molecule has 2 heterocycles. The normalized spacial score (nSPS) is 10.3. The molecule has 0 fully saturated rings. The van der Waals surface area contributed by atoms with Gasteiger partial charge in [-0.3, -0.25) is 4.79 Å². The van der Waals surface area contributed by atoms with Gasteiger partial charge in [0.25, 0.3) is 5.56 Å². The molecule has 106 valence electrons. The minimum Gasteiger partial charge on any atom is -0.481 e. The van der Waals surface area contributed by atoms with Crippen LogP contribution in [0.15, 0.2) is 29.3 Å². The van der Waals surface area contributed by atoms with Crippen LogP contribution < -0.4 is 15.6 Å². The molecule has 1 N–H and O–H groups in total. The van der Waals surface area contributed by atoms with E-state index >= 15 is 0 Å². The second kappa shape index (κ2) is 6.38. The van der Waals surface area contributed by atoms with Gasteiger partial charge in [-0.1, -0.05) is 17.7 Å². The molecule has 0 spiro atoms. The molecular weight excluding hydrogens is 280 g/mol. The van der Waals surface area contributed by atoms with E-state index in [4.69, 9.17) is 16.3 Å². The van der Waals surface area contributed by atoms with Gasteiger partial charge in [0.2, 0.25) is 5.88 Å². The van der Waals surface area contributed by atoms with Crippen LogP contribution in [0.2, 0.25) is 5.02 Å². The molecule has 2 rings (SSSR count). The van der Waals surface area contributed by atoms with E-state index in [9.17, 15) is 4.79 Å². The van der Waals surface area contributed by atoms with Gasteiger partial charge in [0.15, 0.2) is 0 Å². The maximum Gasteiger partial charge on any atom is 0.287 e. The van der Waals surface area contributed by atoms with E-state index in [-0.39, 0.29) is 10.6 Å². The molecular formula is C13H15ClN4O2. The van der Waals surface area contributed by atoms with Crippen LogP contribution in [0.25, 0.3) is 0 Å². The largest absolute Gasteiger partial charge is 0.481 e. The zero-order chi connectivity index (χ0) is 14.5. The molecule has 0 saturated heterocycles. The molecule has 0 aliphatic rings. The maximum atomic E-state index is 11.8. The maximum absolute atomic E-state index is 11.8.